The number of rotatable bonds is 5. The molecule has 3 N–H and O–H groups in total. The number of nitrogen functional groups attached to an aromatic ring is 1. The summed E-state index contributed by atoms with van der Waals surface area (Å²) in [6.07, 6.45) is 0. The SMILES string of the molecule is NNc1cc(COc2ccc(F)cc2Br)ccc1[N+](=O)[O-]. The lowest BCUT2D eigenvalue weighted by Crippen LogP contribution is -2.10. The van der Waals surface area contributed by atoms with Crippen molar-refractivity contribution in [3.63, 3.8) is 0 Å². The number of halogens is 2. The quantitative estimate of drug-likeness (QED) is 0.487. The van der Waals surface area contributed by atoms with Crippen molar-refractivity contribution in [2.75, 3.05) is 5.43 Å². The predicted octanol–water partition coefficient (Wildman–Crippen LogP) is 3.36. The Bertz CT molecular complexity index is 682. The van der Waals surface area contributed by atoms with Crippen molar-refractivity contribution in [2.45, 2.75) is 6.61 Å². The zero-order valence-electron chi connectivity index (χ0n) is 10.7. The molecule has 8 heteroatoms. The summed E-state index contributed by atoms with van der Waals surface area (Å²) in [4.78, 5) is 10.3. The van der Waals surface area contributed by atoms with E-state index in [4.69, 9.17) is 10.6 Å². The first kappa shape index (κ1) is 15.2. The molecule has 0 atom stereocenters. The summed E-state index contributed by atoms with van der Waals surface area (Å²) in [6, 6.07) is 8.49. The molecule has 0 radical (unpaired) electrons. The lowest BCUT2D eigenvalue weighted by Gasteiger charge is -2.09. The molecule has 0 saturated heterocycles. The van der Waals surface area contributed by atoms with Crippen molar-refractivity contribution in [3.8, 4) is 5.75 Å². The maximum Gasteiger partial charge on any atom is 0.293 e. The molecule has 0 saturated carbocycles. The molecular formula is C13H11BrFN3O3. The minimum atomic E-state index is -0.531. The molecule has 6 nitrogen and oxygen atoms in total. The highest BCUT2D eigenvalue weighted by Gasteiger charge is 2.13. The molecule has 110 valence electrons. The van der Waals surface area contributed by atoms with Crippen molar-refractivity contribution in [3.05, 3.63) is 62.4 Å². The molecule has 21 heavy (non-hydrogen) atoms. The van der Waals surface area contributed by atoms with E-state index < -0.39 is 4.92 Å². The number of ether oxygens (including phenoxy) is 1. The van der Waals surface area contributed by atoms with Crippen LogP contribution >= 0.6 is 15.9 Å². The van der Waals surface area contributed by atoms with E-state index in [0.29, 0.717) is 15.8 Å². The van der Waals surface area contributed by atoms with E-state index in [-0.39, 0.29) is 23.8 Å². The molecule has 0 bridgehead atoms. The molecule has 0 fully saturated rings. The number of nitrogens with one attached hydrogen (secondary N) is 1. The van der Waals surface area contributed by atoms with Crippen LogP contribution < -0.4 is 16.0 Å². The lowest BCUT2D eigenvalue weighted by molar-refractivity contribution is -0.384. The van der Waals surface area contributed by atoms with E-state index in [1.54, 1.807) is 6.07 Å². The van der Waals surface area contributed by atoms with Crippen molar-refractivity contribution >= 4 is 27.3 Å². The first-order valence-electron chi connectivity index (χ1n) is 5.83. The summed E-state index contributed by atoms with van der Waals surface area (Å²) < 4.78 is 19.0. The number of benzene rings is 2. The van der Waals surface area contributed by atoms with E-state index in [9.17, 15) is 14.5 Å². The summed E-state index contributed by atoms with van der Waals surface area (Å²) in [5.41, 5.74) is 3.04. The molecule has 0 aromatic heterocycles. The fourth-order valence-electron chi connectivity index (χ4n) is 1.70. The molecule has 0 amide bonds. The second-order valence-corrected chi connectivity index (χ2v) is 4.97. The van der Waals surface area contributed by atoms with Gasteiger partial charge in [-0.2, -0.15) is 0 Å². The molecule has 0 aliphatic carbocycles. The number of hydrogen-bond donors (Lipinski definition) is 2. The number of nitrogens with two attached hydrogens (primary N) is 1. The molecule has 0 unspecified atom stereocenters. The normalized spacial score (nSPS) is 10.2. The highest BCUT2D eigenvalue weighted by molar-refractivity contribution is 9.10. The van der Waals surface area contributed by atoms with Gasteiger partial charge >= 0.3 is 0 Å². The van der Waals surface area contributed by atoms with Crippen molar-refractivity contribution in [1.29, 1.82) is 0 Å². The first-order chi connectivity index (χ1) is 10.0. The number of hydrogen-bond acceptors (Lipinski definition) is 5. The smallest absolute Gasteiger partial charge is 0.293 e. The van der Waals surface area contributed by atoms with Crippen LogP contribution in [-0.4, -0.2) is 4.92 Å². The number of nitro benzene ring substituents is 1. The van der Waals surface area contributed by atoms with Crippen LogP contribution in [0.2, 0.25) is 0 Å². The van der Waals surface area contributed by atoms with Gasteiger partial charge in [0.05, 0.1) is 9.40 Å². The largest absolute Gasteiger partial charge is 0.488 e. The molecule has 2 rings (SSSR count). The van der Waals surface area contributed by atoms with Crippen LogP contribution in [0.25, 0.3) is 0 Å². The average Bonchev–Trinajstić information content (AvgIpc) is 2.45. The average molecular weight is 356 g/mol. The van der Waals surface area contributed by atoms with E-state index >= 15 is 0 Å². The van der Waals surface area contributed by atoms with Gasteiger partial charge in [0, 0.05) is 6.07 Å². The van der Waals surface area contributed by atoms with Crippen LogP contribution in [0.5, 0.6) is 5.75 Å². The maximum absolute atomic E-state index is 13.0. The van der Waals surface area contributed by atoms with Crippen LogP contribution in [0.4, 0.5) is 15.8 Å². The Morgan fingerprint density at radius 2 is 2.10 bits per heavy atom. The monoisotopic (exact) mass is 355 g/mol. The third kappa shape index (κ3) is 3.67. The zero-order chi connectivity index (χ0) is 15.4. The lowest BCUT2D eigenvalue weighted by atomic mass is 10.2. The Morgan fingerprint density at radius 3 is 2.71 bits per heavy atom. The molecule has 0 spiro atoms. The van der Waals surface area contributed by atoms with Gasteiger partial charge in [0.25, 0.3) is 5.69 Å². The van der Waals surface area contributed by atoms with Gasteiger partial charge in [0.15, 0.2) is 0 Å². The summed E-state index contributed by atoms with van der Waals surface area (Å²) >= 11 is 3.19. The Hall–Kier alpha value is -2.19. The summed E-state index contributed by atoms with van der Waals surface area (Å²) in [5.74, 6) is 5.35. The van der Waals surface area contributed by atoms with E-state index in [1.807, 2.05) is 0 Å². The van der Waals surface area contributed by atoms with Crippen LogP contribution in [0.3, 0.4) is 0 Å². The molecule has 0 heterocycles. The van der Waals surface area contributed by atoms with Gasteiger partial charge in [0.1, 0.15) is 23.9 Å². The van der Waals surface area contributed by atoms with Crippen LogP contribution in [0.1, 0.15) is 5.56 Å². The second kappa shape index (κ2) is 6.51. The number of anilines is 1. The van der Waals surface area contributed by atoms with Gasteiger partial charge in [-0.3, -0.25) is 16.0 Å². The van der Waals surface area contributed by atoms with Crippen LogP contribution in [0.15, 0.2) is 40.9 Å². The fraction of sp³-hybridized carbons (Fsp3) is 0.0769. The Kier molecular flexibility index (Phi) is 4.71. The van der Waals surface area contributed by atoms with Gasteiger partial charge in [0.2, 0.25) is 0 Å². The van der Waals surface area contributed by atoms with Crippen LogP contribution in [0, 0.1) is 15.9 Å². The standard InChI is InChI=1S/C13H11BrFN3O3/c14-10-6-9(15)2-4-13(10)21-7-8-1-3-12(18(19)20)11(5-8)17-16/h1-6,17H,7,16H2. The third-order valence-corrected chi connectivity index (χ3v) is 3.32. The fourth-order valence-corrected chi connectivity index (χ4v) is 2.17. The first-order valence-corrected chi connectivity index (χ1v) is 6.62. The Labute approximate surface area is 128 Å². The van der Waals surface area contributed by atoms with Gasteiger partial charge in [-0.25, -0.2) is 4.39 Å². The van der Waals surface area contributed by atoms with Crippen molar-refractivity contribution < 1.29 is 14.1 Å². The Morgan fingerprint density at radius 1 is 1.33 bits per heavy atom. The number of nitro groups is 1. The summed E-state index contributed by atoms with van der Waals surface area (Å²) in [7, 11) is 0. The van der Waals surface area contributed by atoms with Gasteiger partial charge < -0.3 is 10.2 Å². The maximum atomic E-state index is 13.0. The minimum Gasteiger partial charge on any atom is -0.488 e. The van der Waals surface area contributed by atoms with Gasteiger partial charge in [-0.05, 0) is 51.8 Å². The number of nitrogens with zero attached hydrogens (tertiary/aromatic N) is 1. The van der Waals surface area contributed by atoms with E-state index in [2.05, 4.69) is 21.4 Å². The molecule has 0 aliphatic rings. The van der Waals surface area contributed by atoms with Gasteiger partial charge in [-0.15, -0.1) is 0 Å². The van der Waals surface area contributed by atoms with Crippen molar-refractivity contribution in [2.24, 2.45) is 5.84 Å². The molecule has 2 aromatic carbocycles. The second-order valence-electron chi connectivity index (χ2n) is 4.12. The summed E-state index contributed by atoms with van der Waals surface area (Å²) in [6.45, 7) is 0.164. The van der Waals surface area contributed by atoms with E-state index in [1.165, 1.54) is 30.3 Å². The highest BCUT2D eigenvalue weighted by Crippen LogP contribution is 2.28. The minimum absolute atomic E-state index is 0.121. The predicted molar refractivity (Wildman–Crippen MR) is 79.3 cm³/mol. The molecule has 2 aromatic rings. The number of hydrazine groups is 1. The Balaban J connectivity index is 2.15. The van der Waals surface area contributed by atoms with Crippen LogP contribution in [-0.2, 0) is 6.61 Å². The van der Waals surface area contributed by atoms with Gasteiger partial charge in [-0.1, -0.05) is 0 Å². The zero-order valence-corrected chi connectivity index (χ0v) is 12.3. The molecule has 0 aliphatic heterocycles. The third-order valence-electron chi connectivity index (χ3n) is 2.70. The molecular weight excluding hydrogens is 345 g/mol. The highest BCUT2D eigenvalue weighted by atomic mass is 79.9. The van der Waals surface area contributed by atoms with Crippen molar-refractivity contribution in [1.82, 2.24) is 0 Å². The topological polar surface area (TPSA) is 90.4 Å². The summed E-state index contributed by atoms with van der Waals surface area (Å²) in [5, 5.41) is 10.8. The van der Waals surface area contributed by atoms with E-state index in [0.717, 1.165) is 0 Å².